The summed E-state index contributed by atoms with van der Waals surface area (Å²) < 4.78 is 12.1. The molecule has 210 valence electrons. The number of carbonyl (C=O) groups excluding carboxylic acids is 1. The molecule has 1 aliphatic heterocycles. The van der Waals surface area contributed by atoms with Crippen LogP contribution in [0.5, 0.6) is 5.75 Å². The lowest BCUT2D eigenvalue weighted by Gasteiger charge is -2.30. The van der Waals surface area contributed by atoms with Gasteiger partial charge in [-0.3, -0.25) is 10.2 Å². The molecule has 0 fully saturated rings. The van der Waals surface area contributed by atoms with Crippen LogP contribution in [-0.2, 0) is 9.53 Å². The quantitative estimate of drug-likeness (QED) is 0.155. The molecule has 40 heavy (non-hydrogen) atoms. The van der Waals surface area contributed by atoms with E-state index in [9.17, 15) is 15.0 Å². The molecule has 0 saturated carbocycles. The average molecular weight is 546 g/mol. The standard InChI is InChI=1S/C31H35N3O6/c35-19-8-20-39-27-16-14-25(15-17-27)29-32-31(30(38)34-33-26(21-36)22-37,18-7-11-23-9-3-1-4-10-23)28(40-29)24-12-5-2-6-13-24/h1-7,9-17,26,28,33,35-37H,8,18-22H2,(H,34,38)/b11-7+/t28-,31-/m0/s1. The summed E-state index contributed by atoms with van der Waals surface area (Å²) in [6.07, 6.45) is 3.82. The third-order valence-electron chi connectivity index (χ3n) is 6.50. The summed E-state index contributed by atoms with van der Waals surface area (Å²) in [6.45, 7) is -0.274. The van der Waals surface area contributed by atoms with E-state index in [0.717, 1.165) is 11.1 Å². The Morgan fingerprint density at radius 2 is 1.65 bits per heavy atom. The van der Waals surface area contributed by atoms with Crippen molar-refractivity contribution in [3.63, 3.8) is 0 Å². The van der Waals surface area contributed by atoms with Gasteiger partial charge >= 0.3 is 0 Å². The molecule has 0 spiro atoms. The molecule has 5 N–H and O–H groups in total. The van der Waals surface area contributed by atoms with Gasteiger partial charge < -0.3 is 24.8 Å². The van der Waals surface area contributed by atoms with Gasteiger partial charge in [-0.2, -0.15) is 0 Å². The lowest BCUT2D eigenvalue weighted by molar-refractivity contribution is -0.130. The van der Waals surface area contributed by atoms with Crippen LogP contribution in [0.2, 0.25) is 0 Å². The van der Waals surface area contributed by atoms with Gasteiger partial charge in [-0.15, -0.1) is 0 Å². The number of carbonyl (C=O) groups is 1. The molecule has 0 bridgehead atoms. The molecular formula is C31H35N3O6. The van der Waals surface area contributed by atoms with Crippen LogP contribution >= 0.6 is 0 Å². The second-order valence-electron chi connectivity index (χ2n) is 9.38. The van der Waals surface area contributed by atoms with E-state index in [1.807, 2.05) is 84.9 Å². The van der Waals surface area contributed by atoms with Crippen LogP contribution in [-0.4, -0.2) is 65.1 Å². The van der Waals surface area contributed by atoms with Gasteiger partial charge in [0.1, 0.15) is 5.75 Å². The van der Waals surface area contributed by atoms with Crippen LogP contribution in [0.3, 0.4) is 0 Å². The minimum absolute atomic E-state index is 0.0542. The van der Waals surface area contributed by atoms with Crippen LogP contribution in [0.4, 0.5) is 0 Å². The Morgan fingerprint density at radius 1 is 0.975 bits per heavy atom. The number of hydrogen-bond donors (Lipinski definition) is 5. The Balaban J connectivity index is 1.71. The van der Waals surface area contributed by atoms with Gasteiger partial charge in [-0.25, -0.2) is 10.4 Å². The molecule has 3 aromatic rings. The fourth-order valence-electron chi connectivity index (χ4n) is 4.31. The molecule has 3 aromatic carbocycles. The topological polar surface area (TPSA) is 133 Å². The van der Waals surface area contributed by atoms with Crippen molar-refractivity contribution in [1.82, 2.24) is 10.9 Å². The van der Waals surface area contributed by atoms with Crippen molar-refractivity contribution >= 4 is 17.9 Å². The average Bonchev–Trinajstić information content (AvgIpc) is 3.40. The number of nitrogens with one attached hydrogen (secondary N) is 2. The first-order chi connectivity index (χ1) is 19.6. The fourth-order valence-corrected chi connectivity index (χ4v) is 4.31. The minimum atomic E-state index is -1.40. The van der Waals surface area contributed by atoms with Gasteiger partial charge in [0.2, 0.25) is 5.90 Å². The monoisotopic (exact) mass is 545 g/mol. The first-order valence-electron chi connectivity index (χ1n) is 13.2. The third-order valence-corrected chi connectivity index (χ3v) is 6.50. The number of aliphatic hydroxyl groups is 3. The lowest BCUT2D eigenvalue weighted by atomic mass is 9.84. The molecule has 9 heteroatoms. The number of aliphatic imine (C=N–C) groups is 1. The second kappa shape index (κ2) is 14.4. The Labute approximate surface area is 233 Å². The molecule has 0 aromatic heterocycles. The first kappa shape index (κ1) is 29.0. The van der Waals surface area contributed by atoms with Crippen LogP contribution in [0.15, 0.2) is 96.0 Å². The number of benzene rings is 3. The van der Waals surface area contributed by atoms with E-state index >= 15 is 0 Å². The molecule has 0 radical (unpaired) electrons. The van der Waals surface area contributed by atoms with Crippen LogP contribution in [0.1, 0.15) is 35.6 Å². The summed E-state index contributed by atoms with van der Waals surface area (Å²) in [5.74, 6) is 0.485. The predicted octanol–water partition coefficient (Wildman–Crippen LogP) is 2.78. The number of amides is 1. The lowest BCUT2D eigenvalue weighted by Crippen LogP contribution is -2.56. The van der Waals surface area contributed by atoms with Gasteiger partial charge in [0.15, 0.2) is 11.6 Å². The highest BCUT2D eigenvalue weighted by Gasteiger charge is 2.52. The number of nitrogens with zero attached hydrogens (tertiary/aromatic N) is 1. The highest BCUT2D eigenvalue weighted by Crippen LogP contribution is 2.42. The molecule has 1 amide bonds. The van der Waals surface area contributed by atoms with Crippen molar-refractivity contribution in [3.8, 4) is 5.75 Å². The van der Waals surface area contributed by atoms with Crippen LogP contribution in [0.25, 0.3) is 6.08 Å². The fraction of sp³-hybridized carbons (Fsp3) is 0.290. The summed E-state index contributed by atoms with van der Waals surface area (Å²) >= 11 is 0. The summed E-state index contributed by atoms with van der Waals surface area (Å²) in [7, 11) is 0. The highest BCUT2D eigenvalue weighted by atomic mass is 16.5. The smallest absolute Gasteiger partial charge is 0.266 e. The van der Waals surface area contributed by atoms with Gasteiger partial charge in [0, 0.05) is 25.0 Å². The summed E-state index contributed by atoms with van der Waals surface area (Å²) in [4.78, 5) is 18.8. The van der Waals surface area contributed by atoms with Crippen molar-refractivity contribution in [1.29, 1.82) is 0 Å². The zero-order chi connectivity index (χ0) is 28.2. The van der Waals surface area contributed by atoms with Crippen molar-refractivity contribution in [3.05, 3.63) is 108 Å². The largest absolute Gasteiger partial charge is 0.494 e. The number of rotatable bonds is 14. The molecule has 0 unspecified atom stereocenters. The molecule has 1 heterocycles. The molecule has 2 atom stereocenters. The summed E-state index contributed by atoms with van der Waals surface area (Å²) in [6, 6.07) is 25.7. The van der Waals surface area contributed by atoms with Gasteiger partial charge in [-0.1, -0.05) is 72.8 Å². The van der Waals surface area contributed by atoms with Crippen molar-refractivity contribution in [2.24, 2.45) is 4.99 Å². The second-order valence-corrected chi connectivity index (χ2v) is 9.38. The Bertz CT molecular complexity index is 1260. The molecule has 0 aliphatic carbocycles. The molecule has 9 nitrogen and oxygen atoms in total. The number of aliphatic hydroxyl groups excluding tert-OH is 3. The SMILES string of the molecule is O=C(NNC(CO)CO)[C@@]1(C/C=C/c2ccccc2)N=C(c2ccc(OCCCO)cc2)O[C@H]1c1ccccc1. The maximum atomic E-state index is 13.9. The van der Waals surface area contributed by atoms with E-state index in [0.29, 0.717) is 30.2 Å². The van der Waals surface area contributed by atoms with E-state index in [-0.39, 0.29) is 26.2 Å². The highest BCUT2D eigenvalue weighted by molar-refractivity contribution is 6.01. The zero-order valence-electron chi connectivity index (χ0n) is 22.1. The Hall–Kier alpha value is -4.02. The van der Waals surface area contributed by atoms with Crippen molar-refractivity contribution < 1.29 is 29.6 Å². The van der Waals surface area contributed by atoms with E-state index in [2.05, 4.69) is 10.9 Å². The molecule has 4 rings (SSSR count). The van der Waals surface area contributed by atoms with Gasteiger partial charge in [0.05, 0.1) is 25.9 Å². The van der Waals surface area contributed by atoms with E-state index in [4.69, 9.17) is 19.6 Å². The number of hydrazine groups is 1. The predicted molar refractivity (Wildman–Crippen MR) is 153 cm³/mol. The summed E-state index contributed by atoms with van der Waals surface area (Å²) in [5, 5.41) is 28.0. The van der Waals surface area contributed by atoms with E-state index in [1.54, 1.807) is 12.1 Å². The van der Waals surface area contributed by atoms with Crippen LogP contribution < -0.4 is 15.6 Å². The normalized spacial score (nSPS) is 18.5. The molecule has 1 aliphatic rings. The summed E-state index contributed by atoms with van der Waals surface area (Å²) in [5.41, 5.74) is 6.38. The first-order valence-corrected chi connectivity index (χ1v) is 13.2. The maximum absolute atomic E-state index is 13.9. The maximum Gasteiger partial charge on any atom is 0.266 e. The zero-order valence-corrected chi connectivity index (χ0v) is 22.1. The van der Waals surface area contributed by atoms with E-state index in [1.165, 1.54) is 0 Å². The Kier molecular flexibility index (Phi) is 10.4. The van der Waals surface area contributed by atoms with E-state index < -0.39 is 23.6 Å². The van der Waals surface area contributed by atoms with Crippen molar-refractivity contribution in [2.45, 2.75) is 30.5 Å². The third kappa shape index (κ3) is 7.13. The number of hydrogen-bond acceptors (Lipinski definition) is 8. The van der Waals surface area contributed by atoms with Crippen LogP contribution in [0, 0.1) is 0 Å². The van der Waals surface area contributed by atoms with Crippen molar-refractivity contribution in [2.75, 3.05) is 26.4 Å². The minimum Gasteiger partial charge on any atom is -0.494 e. The van der Waals surface area contributed by atoms with Gasteiger partial charge in [0.25, 0.3) is 5.91 Å². The molecule has 0 saturated heterocycles. The molecular weight excluding hydrogens is 510 g/mol. The van der Waals surface area contributed by atoms with Gasteiger partial charge in [-0.05, 0) is 35.4 Å². The number of ether oxygens (including phenoxy) is 2. The Morgan fingerprint density at radius 3 is 2.30 bits per heavy atom.